The summed E-state index contributed by atoms with van der Waals surface area (Å²) in [4.78, 5) is 14.5. The lowest BCUT2D eigenvalue weighted by Gasteiger charge is -2.17. The van der Waals surface area contributed by atoms with Crippen LogP contribution >= 0.6 is 0 Å². The quantitative estimate of drug-likeness (QED) is 0.680. The van der Waals surface area contributed by atoms with Gasteiger partial charge in [-0.2, -0.15) is 0 Å². The van der Waals surface area contributed by atoms with Crippen LogP contribution in [-0.4, -0.2) is 31.5 Å². The monoisotopic (exact) mass is 379 g/mol. The molecule has 138 valence electrons. The molecule has 1 unspecified atom stereocenters. The second-order valence-electron chi connectivity index (χ2n) is 7.09. The van der Waals surface area contributed by atoms with E-state index in [9.17, 15) is 13.2 Å². The van der Waals surface area contributed by atoms with Crippen LogP contribution in [0.2, 0.25) is 0 Å². The second kappa shape index (κ2) is 7.16. The molecule has 0 bridgehead atoms. The lowest BCUT2D eigenvalue weighted by molar-refractivity contribution is -0.128. The fraction of sp³-hybridized carbons (Fsp3) is 0.227. The number of amides is 1. The molecule has 1 heterocycles. The molecule has 4 rings (SSSR count). The summed E-state index contributed by atoms with van der Waals surface area (Å²) in [6.07, 6.45) is 0.289. The zero-order valence-corrected chi connectivity index (χ0v) is 15.7. The number of carbonyl (C=O) groups is 1. The molecule has 1 fully saturated rings. The Hall–Kier alpha value is -2.66. The summed E-state index contributed by atoms with van der Waals surface area (Å²) in [5, 5.41) is 1.65. The fourth-order valence-electron chi connectivity index (χ4n) is 3.79. The molecule has 0 aliphatic carbocycles. The van der Waals surface area contributed by atoms with Crippen molar-refractivity contribution in [2.24, 2.45) is 5.92 Å². The van der Waals surface area contributed by atoms with Gasteiger partial charge >= 0.3 is 0 Å². The van der Waals surface area contributed by atoms with Crippen molar-refractivity contribution >= 4 is 26.5 Å². The van der Waals surface area contributed by atoms with Crippen molar-refractivity contribution < 1.29 is 13.2 Å². The van der Waals surface area contributed by atoms with Crippen LogP contribution in [-0.2, 0) is 21.2 Å². The minimum atomic E-state index is -3.47. The number of benzene rings is 3. The molecule has 1 aliphatic rings. The number of hydrogen-bond acceptors (Lipinski definition) is 3. The van der Waals surface area contributed by atoms with Crippen LogP contribution in [0.1, 0.15) is 12.0 Å². The molecule has 1 amide bonds. The van der Waals surface area contributed by atoms with E-state index in [1.807, 2.05) is 60.7 Å². The van der Waals surface area contributed by atoms with E-state index in [0.29, 0.717) is 18.0 Å². The van der Waals surface area contributed by atoms with Crippen molar-refractivity contribution in [3.05, 3.63) is 78.4 Å². The van der Waals surface area contributed by atoms with Gasteiger partial charge in [0.15, 0.2) is 9.84 Å². The van der Waals surface area contributed by atoms with Gasteiger partial charge in [-0.25, -0.2) is 8.42 Å². The van der Waals surface area contributed by atoms with Crippen molar-refractivity contribution in [1.82, 2.24) is 4.90 Å². The highest BCUT2D eigenvalue weighted by Gasteiger charge is 2.33. The number of fused-ring (bicyclic) bond motifs is 1. The van der Waals surface area contributed by atoms with Gasteiger partial charge in [-0.3, -0.25) is 4.79 Å². The second-order valence-corrected chi connectivity index (χ2v) is 9.09. The predicted octanol–water partition coefficient (Wildman–Crippen LogP) is 3.66. The van der Waals surface area contributed by atoms with E-state index in [-0.39, 0.29) is 24.0 Å². The Balaban J connectivity index is 1.52. The van der Waals surface area contributed by atoms with Crippen molar-refractivity contribution in [1.29, 1.82) is 0 Å². The highest BCUT2D eigenvalue weighted by atomic mass is 32.2. The van der Waals surface area contributed by atoms with E-state index in [1.54, 1.807) is 17.0 Å². The highest BCUT2D eigenvalue weighted by molar-refractivity contribution is 7.91. The maximum atomic E-state index is 13.0. The van der Waals surface area contributed by atoms with Gasteiger partial charge in [-0.15, -0.1) is 0 Å². The molecule has 5 heteroatoms. The first kappa shape index (κ1) is 17.7. The molecule has 1 aliphatic heterocycles. The molecule has 1 atom stereocenters. The zero-order chi connectivity index (χ0) is 18.9. The third-order valence-corrected chi connectivity index (χ3v) is 6.99. The fourth-order valence-corrected chi connectivity index (χ4v) is 5.62. The van der Waals surface area contributed by atoms with E-state index in [1.165, 1.54) is 0 Å². The van der Waals surface area contributed by atoms with Gasteiger partial charge in [0.2, 0.25) is 5.91 Å². The molecular weight excluding hydrogens is 358 g/mol. The Bertz CT molecular complexity index is 1070. The predicted molar refractivity (Wildman–Crippen MR) is 106 cm³/mol. The van der Waals surface area contributed by atoms with Crippen LogP contribution in [0, 0.1) is 5.92 Å². The van der Waals surface area contributed by atoms with Gasteiger partial charge in [-0.1, -0.05) is 66.7 Å². The normalized spacial score (nSPS) is 17.6. The molecule has 0 N–H and O–H groups in total. The SMILES string of the molecule is O=C1CC(CS(=O)(=O)c2cccc3ccccc23)CN1Cc1ccccc1. The Morgan fingerprint density at radius 2 is 1.59 bits per heavy atom. The lowest BCUT2D eigenvalue weighted by Crippen LogP contribution is -2.25. The molecule has 0 aromatic heterocycles. The van der Waals surface area contributed by atoms with E-state index in [0.717, 1.165) is 16.3 Å². The summed E-state index contributed by atoms with van der Waals surface area (Å²) >= 11 is 0. The standard InChI is InChI=1S/C22H21NO3S/c24-22-13-18(15-23(22)14-17-7-2-1-3-8-17)16-27(25,26)21-12-6-10-19-9-4-5-11-20(19)21/h1-12,18H,13-16H2. The van der Waals surface area contributed by atoms with Crippen LogP contribution in [0.5, 0.6) is 0 Å². The molecular formula is C22H21NO3S. The minimum Gasteiger partial charge on any atom is -0.338 e. The minimum absolute atomic E-state index is 0.00195. The molecule has 3 aromatic rings. The van der Waals surface area contributed by atoms with E-state index < -0.39 is 9.84 Å². The Morgan fingerprint density at radius 3 is 2.41 bits per heavy atom. The van der Waals surface area contributed by atoms with Gasteiger partial charge < -0.3 is 4.90 Å². The molecule has 4 nitrogen and oxygen atoms in total. The first-order valence-electron chi connectivity index (χ1n) is 9.05. The van der Waals surface area contributed by atoms with Crippen molar-refractivity contribution in [3.63, 3.8) is 0 Å². The first-order chi connectivity index (χ1) is 13.0. The summed E-state index contributed by atoms with van der Waals surface area (Å²) in [5.41, 5.74) is 1.06. The summed E-state index contributed by atoms with van der Waals surface area (Å²) in [5.74, 6) is -0.153. The third-order valence-electron chi connectivity index (χ3n) is 5.05. The van der Waals surface area contributed by atoms with E-state index >= 15 is 0 Å². The largest absolute Gasteiger partial charge is 0.338 e. The first-order valence-corrected chi connectivity index (χ1v) is 10.7. The maximum absolute atomic E-state index is 13.0. The number of carbonyl (C=O) groups excluding carboxylic acids is 1. The molecule has 3 aromatic carbocycles. The molecule has 1 saturated heterocycles. The third kappa shape index (κ3) is 3.74. The highest BCUT2D eigenvalue weighted by Crippen LogP contribution is 2.28. The number of rotatable bonds is 5. The van der Waals surface area contributed by atoms with Crippen molar-refractivity contribution in [2.75, 3.05) is 12.3 Å². The smallest absolute Gasteiger partial charge is 0.223 e. The van der Waals surface area contributed by atoms with Crippen LogP contribution in [0.15, 0.2) is 77.7 Å². The number of hydrogen-bond donors (Lipinski definition) is 0. The van der Waals surface area contributed by atoms with Gasteiger partial charge in [0, 0.05) is 24.9 Å². The van der Waals surface area contributed by atoms with Crippen LogP contribution < -0.4 is 0 Å². The average Bonchev–Trinajstić information content (AvgIpc) is 3.00. The Labute approximate surface area is 159 Å². The van der Waals surface area contributed by atoms with E-state index in [2.05, 4.69) is 0 Å². The van der Waals surface area contributed by atoms with Crippen molar-refractivity contribution in [3.8, 4) is 0 Å². The number of nitrogens with zero attached hydrogens (tertiary/aromatic N) is 1. The molecule has 0 spiro atoms. The van der Waals surface area contributed by atoms with E-state index in [4.69, 9.17) is 0 Å². The zero-order valence-electron chi connectivity index (χ0n) is 14.9. The summed E-state index contributed by atoms with van der Waals surface area (Å²) in [6, 6.07) is 22.6. The summed E-state index contributed by atoms with van der Waals surface area (Å²) in [7, 11) is -3.47. The molecule has 27 heavy (non-hydrogen) atoms. The summed E-state index contributed by atoms with van der Waals surface area (Å²) in [6.45, 7) is 1.02. The van der Waals surface area contributed by atoms with Crippen LogP contribution in [0.4, 0.5) is 0 Å². The van der Waals surface area contributed by atoms with Crippen LogP contribution in [0.25, 0.3) is 10.8 Å². The van der Waals surface area contributed by atoms with Gasteiger partial charge in [0.1, 0.15) is 0 Å². The maximum Gasteiger partial charge on any atom is 0.223 e. The average molecular weight is 379 g/mol. The summed E-state index contributed by atoms with van der Waals surface area (Å²) < 4.78 is 26.1. The molecule has 0 saturated carbocycles. The lowest BCUT2D eigenvalue weighted by atomic mass is 10.1. The number of sulfone groups is 1. The van der Waals surface area contributed by atoms with Gasteiger partial charge in [0.25, 0.3) is 0 Å². The van der Waals surface area contributed by atoms with Crippen molar-refractivity contribution in [2.45, 2.75) is 17.9 Å². The van der Waals surface area contributed by atoms with Gasteiger partial charge in [-0.05, 0) is 22.9 Å². The topological polar surface area (TPSA) is 54.5 Å². The Morgan fingerprint density at radius 1 is 0.889 bits per heavy atom. The molecule has 0 radical (unpaired) electrons. The number of likely N-dealkylation sites (tertiary alicyclic amines) is 1. The van der Waals surface area contributed by atoms with Crippen LogP contribution in [0.3, 0.4) is 0 Å². The Kier molecular flexibility index (Phi) is 4.70. The van der Waals surface area contributed by atoms with Gasteiger partial charge in [0.05, 0.1) is 10.6 Å².